The Hall–Kier alpha value is -1.88. The SMILES string of the molecule is Cc1cc(-c2cnn(C(C)C)c2)ccc1OC(=S)N(C)C. The zero-order chi connectivity index (χ0) is 15.6. The maximum absolute atomic E-state index is 5.68. The Balaban J connectivity index is 2.23. The number of benzene rings is 1. The second kappa shape index (κ2) is 6.26. The first-order chi connectivity index (χ1) is 9.88. The van der Waals surface area contributed by atoms with E-state index in [1.807, 2.05) is 44.0 Å². The number of aryl methyl sites for hydroxylation is 1. The summed E-state index contributed by atoms with van der Waals surface area (Å²) in [6, 6.07) is 6.44. The van der Waals surface area contributed by atoms with Crippen molar-refractivity contribution in [3.8, 4) is 16.9 Å². The summed E-state index contributed by atoms with van der Waals surface area (Å²) < 4.78 is 7.63. The highest BCUT2D eigenvalue weighted by Gasteiger charge is 2.09. The van der Waals surface area contributed by atoms with Crippen LogP contribution in [0.5, 0.6) is 5.75 Å². The highest BCUT2D eigenvalue weighted by atomic mass is 32.1. The lowest BCUT2D eigenvalue weighted by atomic mass is 10.1. The molecule has 0 fully saturated rings. The van der Waals surface area contributed by atoms with Gasteiger partial charge in [0.05, 0.1) is 6.20 Å². The van der Waals surface area contributed by atoms with Crippen molar-refractivity contribution in [3.05, 3.63) is 36.2 Å². The van der Waals surface area contributed by atoms with Crippen LogP contribution in [-0.4, -0.2) is 34.0 Å². The Morgan fingerprint density at radius 1 is 1.29 bits per heavy atom. The van der Waals surface area contributed by atoms with Crippen LogP contribution < -0.4 is 4.74 Å². The molecule has 1 aromatic carbocycles. The summed E-state index contributed by atoms with van der Waals surface area (Å²) in [5, 5.41) is 4.83. The predicted molar refractivity (Wildman–Crippen MR) is 89.7 cm³/mol. The smallest absolute Gasteiger partial charge is 0.264 e. The van der Waals surface area contributed by atoms with Gasteiger partial charge in [0.15, 0.2) is 0 Å². The molecule has 2 rings (SSSR count). The number of ether oxygens (including phenoxy) is 1. The van der Waals surface area contributed by atoms with Gasteiger partial charge in [-0.15, -0.1) is 0 Å². The van der Waals surface area contributed by atoms with E-state index < -0.39 is 0 Å². The number of hydrogen-bond acceptors (Lipinski definition) is 3. The van der Waals surface area contributed by atoms with E-state index in [9.17, 15) is 0 Å². The van der Waals surface area contributed by atoms with Crippen molar-refractivity contribution in [3.63, 3.8) is 0 Å². The molecule has 0 saturated carbocycles. The van der Waals surface area contributed by atoms with Crippen LogP contribution in [0.2, 0.25) is 0 Å². The minimum Gasteiger partial charge on any atom is -0.432 e. The molecular formula is C16H21N3OS. The highest BCUT2D eigenvalue weighted by molar-refractivity contribution is 7.80. The number of thiocarbonyl (C=S) groups is 1. The Labute approximate surface area is 131 Å². The van der Waals surface area contributed by atoms with Crippen LogP contribution in [0.4, 0.5) is 0 Å². The lowest BCUT2D eigenvalue weighted by Crippen LogP contribution is -2.25. The molecular weight excluding hydrogens is 282 g/mol. The van der Waals surface area contributed by atoms with Crippen molar-refractivity contribution in [1.82, 2.24) is 14.7 Å². The van der Waals surface area contributed by atoms with Gasteiger partial charge in [-0.25, -0.2) is 0 Å². The van der Waals surface area contributed by atoms with Crippen LogP contribution in [0, 0.1) is 6.92 Å². The third-order valence-corrected chi connectivity index (χ3v) is 3.65. The van der Waals surface area contributed by atoms with E-state index in [0.717, 1.165) is 22.4 Å². The van der Waals surface area contributed by atoms with E-state index in [1.165, 1.54) is 0 Å². The summed E-state index contributed by atoms with van der Waals surface area (Å²) >= 11 is 5.17. The Kier molecular flexibility index (Phi) is 4.63. The minimum absolute atomic E-state index is 0.361. The van der Waals surface area contributed by atoms with E-state index in [0.29, 0.717) is 11.2 Å². The molecule has 0 aliphatic heterocycles. The molecule has 5 heteroatoms. The molecule has 1 aromatic heterocycles. The van der Waals surface area contributed by atoms with Gasteiger partial charge in [-0.2, -0.15) is 5.10 Å². The second-order valence-electron chi connectivity index (χ2n) is 5.55. The van der Waals surface area contributed by atoms with Crippen LogP contribution >= 0.6 is 12.2 Å². The summed E-state index contributed by atoms with van der Waals surface area (Å²) in [6.45, 7) is 6.24. The third kappa shape index (κ3) is 3.61. The van der Waals surface area contributed by atoms with Crippen molar-refractivity contribution < 1.29 is 4.74 Å². The molecule has 0 saturated heterocycles. The fraction of sp³-hybridized carbons (Fsp3) is 0.375. The van der Waals surface area contributed by atoms with E-state index in [2.05, 4.69) is 31.2 Å². The normalized spacial score (nSPS) is 10.8. The standard InChI is InChI=1S/C16H21N3OS/c1-11(2)19-10-14(9-17-19)13-6-7-15(12(3)8-13)20-16(21)18(4)5/h6-11H,1-5H3. The zero-order valence-electron chi connectivity index (χ0n) is 13.1. The maximum atomic E-state index is 5.68. The first-order valence-corrected chi connectivity index (χ1v) is 7.33. The maximum Gasteiger partial charge on any atom is 0.264 e. The minimum atomic E-state index is 0.361. The molecule has 2 aromatic rings. The Morgan fingerprint density at radius 2 is 2.00 bits per heavy atom. The molecule has 4 nitrogen and oxygen atoms in total. The van der Waals surface area contributed by atoms with Crippen molar-refractivity contribution in [2.75, 3.05) is 14.1 Å². The molecule has 1 heterocycles. The van der Waals surface area contributed by atoms with Gasteiger partial charge in [0.1, 0.15) is 5.75 Å². The third-order valence-electron chi connectivity index (χ3n) is 3.20. The van der Waals surface area contributed by atoms with Gasteiger partial charge in [-0.1, -0.05) is 6.07 Å². The topological polar surface area (TPSA) is 30.3 Å². The molecule has 0 radical (unpaired) electrons. The molecule has 0 unspecified atom stereocenters. The van der Waals surface area contributed by atoms with Crippen LogP contribution in [0.1, 0.15) is 25.5 Å². The summed E-state index contributed by atoms with van der Waals surface area (Å²) in [6.07, 6.45) is 3.95. The van der Waals surface area contributed by atoms with Crippen LogP contribution in [0.3, 0.4) is 0 Å². The van der Waals surface area contributed by atoms with Crippen LogP contribution in [0.25, 0.3) is 11.1 Å². The van der Waals surface area contributed by atoms with Crippen molar-refractivity contribution in [2.45, 2.75) is 26.8 Å². The predicted octanol–water partition coefficient (Wildman–Crippen LogP) is 3.66. The highest BCUT2D eigenvalue weighted by Crippen LogP contribution is 2.26. The number of rotatable bonds is 3. The second-order valence-corrected chi connectivity index (χ2v) is 5.89. The van der Waals surface area contributed by atoms with E-state index in [4.69, 9.17) is 17.0 Å². The molecule has 112 valence electrons. The van der Waals surface area contributed by atoms with Gasteiger partial charge in [-0.05, 0) is 56.2 Å². The van der Waals surface area contributed by atoms with Gasteiger partial charge in [0, 0.05) is 31.9 Å². The summed E-state index contributed by atoms with van der Waals surface area (Å²) in [4.78, 5) is 1.77. The fourth-order valence-corrected chi connectivity index (χ4v) is 1.99. The number of aromatic nitrogens is 2. The molecule has 0 amide bonds. The molecule has 0 atom stereocenters. The van der Waals surface area contributed by atoms with E-state index in [1.54, 1.807) is 4.90 Å². The number of hydrogen-bond donors (Lipinski definition) is 0. The van der Waals surface area contributed by atoms with Crippen LogP contribution in [-0.2, 0) is 0 Å². The first kappa shape index (κ1) is 15.5. The van der Waals surface area contributed by atoms with Gasteiger partial charge >= 0.3 is 0 Å². The molecule has 21 heavy (non-hydrogen) atoms. The van der Waals surface area contributed by atoms with Crippen molar-refractivity contribution >= 4 is 17.4 Å². The zero-order valence-corrected chi connectivity index (χ0v) is 13.9. The summed E-state index contributed by atoms with van der Waals surface area (Å²) in [7, 11) is 3.73. The fourth-order valence-electron chi connectivity index (χ4n) is 1.90. The summed E-state index contributed by atoms with van der Waals surface area (Å²) in [5.41, 5.74) is 3.28. The molecule has 0 spiro atoms. The first-order valence-electron chi connectivity index (χ1n) is 6.93. The van der Waals surface area contributed by atoms with E-state index in [-0.39, 0.29) is 0 Å². The van der Waals surface area contributed by atoms with Gasteiger partial charge in [0.2, 0.25) is 0 Å². The lowest BCUT2D eigenvalue weighted by molar-refractivity contribution is 0.447. The van der Waals surface area contributed by atoms with Gasteiger partial charge in [-0.3, -0.25) is 4.68 Å². The average Bonchev–Trinajstić information content (AvgIpc) is 2.90. The molecule has 0 aliphatic carbocycles. The van der Waals surface area contributed by atoms with Gasteiger partial charge in [0.25, 0.3) is 5.17 Å². The van der Waals surface area contributed by atoms with E-state index >= 15 is 0 Å². The van der Waals surface area contributed by atoms with Crippen molar-refractivity contribution in [2.24, 2.45) is 0 Å². The largest absolute Gasteiger partial charge is 0.432 e. The molecule has 0 N–H and O–H groups in total. The molecule has 0 aliphatic rings. The van der Waals surface area contributed by atoms with Gasteiger partial charge < -0.3 is 9.64 Å². The average molecular weight is 303 g/mol. The Morgan fingerprint density at radius 3 is 2.52 bits per heavy atom. The van der Waals surface area contributed by atoms with Crippen molar-refractivity contribution in [1.29, 1.82) is 0 Å². The monoisotopic (exact) mass is 303 g/mol. The number of nitrogens with zero attached hydrogens (tertiary/aromatic N) is 3. The lowest BCUT2D eigenvalue weighted by Gasteiger charge is -2.15. The quantitative estimate of drug-likeness (QED) is 0.810. The molecule has 0 bridgehead atoms. The summed E-state index contributed by atoms with van der Waals surface area (Å²) in [5.74, 6) is 0.786. The van der Waals surface area contributed by atoms with Crippen LogP contribution in [0.15, 0.2) is 30.6 Å². The Bertz CT molecular complexity index is 647.